The SMILES string of the molecule is CCC1CN(C(C)=O)CC1C(=O)N1CC(F)CC1C(=O)NC(c1ccccc1)c1ccc(C(C)C)cc1. The van der Waals surface area contributed by atoms with Crippen LogP contribution in [-0.4, -0.2) is 59.4 Å². The number of carbonyl (C=O) groups is 3. The molecule has 37 heavy (non-hydrogen) atoms. The highest BCUT2D eigenvalue weighted by molar-refractivity contribution is 5.90. The first-order chi connectivity index (χ1) is 17.7. The van der Waals surface area contributed by atoms with Crippen LogP contribution < -0.4 is 5.32 Å². The number of hydrogen-bond acceptors (Lipinski definition) is 3. The van der Waals surface area contributed by atoms with Crippen molar-refractivity contribution in [2.24, 2.45) is 11.8 Å². The largest absolute Gasteiger partial charge is 0.343 e. The Morgan fingerprint density at radius 3 is 2.16 bits per heavy atom. The molecule has 3 amide bonds. The molecule has 5 unspecified atom stereocenters. The summed E-state index contributed by atoms with van der Waals surface area (Å²) >= 11 is 0. The maximum absolute atomic E-state index is 14.7. The molecular formula is C30H38FN3O3. The minimum atomic E-state index is -1.26. The lowest BCUT2D eigenvalue weighted by molar-refractivity contribution is -0.142. The Bertz CT molecular complexity index is 1100. The summed E-state index contributed by atoms with van der Waals surface area (Å²) in [5, 5.41) is 3.12. The average molecular weight is 508 g/mol. The number of benzene rings is 2. The number of hydrogen-bond donors (Lipinski definition) is 1. The van der Waals surface area contributed by atoms with Gasteiger partial charge >= 0.3 is 0 Å². The minimum absolute atomic E-state index is 0.00955. The van der Waals surface area contributed by atoms with Gasteiger partial charge in [0.05, 0.1) is 18.5 Å². The number of alkyl halides is 1. The third kappa shape index (κ3) is 5.86. The molecule has 0 spiro atoms. The predicted molar refractivity (Wildman–Crippen MR) is 141 cm³/mol. The third-order valence-corrected chi connectivity index (χ3v) is 7.92. The van der Waals surface area contributed by atoms with Crippen LogP contribution in [0, 0.1) is 11.8 Å². The van der Waals surface area contributed by atoms with Crippen molar-refractivity contribution in [2.45, 2.75) is 64.7 Å². The predicted octanol–water partition coefficient (Wildman–Crippen LogP) is 4.46. The molecular weight excluding hydrogens is 469 g/mol. The molecule has 198 valence electrons. The molecule has 0 aliphatic carbocycles. The molecule has 0 radical (unpaired) electrons. The normalized spacial score (nSPS) is 24.4. The molecule has 1 N–H and O–H groups in total. The topological polar surface area (TPSA) is 69.7 Å². The van der Waals surface area contributed by atoms with Gasteiger partial charge in [0.15, 0.2) is 0 Å². The van der Waals surface area contributed by atoms with Crippen molar-refractivity contribution in [1.82, 2.24) is 15.1 Å². The van der Waals surface area contributed by atoms with Crippen LogP contribution in [-0.2, 0) is 14.4 Å². The zero-order valence-corrected chi connectivity index (χ0v) is 22.2. The van der Waals surface area contributed by atoms with Gasteiger partial charge in [0, 0.05) is 26.4 Å². The lowest BCUT2D eigenvalue weighted by Gasteiger charge is -2.30. The van der Waals surface area contributed by atoms with E-state index in [4.69, 9.17) is 0 Å². The summed E-state index contributed by atoms with van der Waals surface area (Å²) in [5.74, 6) is -0.668. The van der Waals surface area contributed by atoms with Gasteiger partial charge in [-0.2, -0.15) is 0 Å². The molecule has 0 bridgehead atoms. The summed E-state index contributed by atoms with van der Waals surface area (Å²) in [5.41, 5.74) is 3.05. The first-order valence-corrected chi connectivity index (χ1v) is 13.3. The molecule has 2 heterocycles. The summed E-state index contributed by atoms with van der Waals surface area (Å²) in [6.45, 7) is 8.51. The monoisotopic (exact) mass is 507 g/mol. The van der Waals surface area contributed by atoms with Gasteiger partial charge in [-0.05, 0) is 28.5 Å². The molecule has 4 rings (SSSR count). The lowest BCUT2D eigenvalue weighted by Crippen LogP contribution is -2.49. The van der Waals surface area contributed by atoms with E-state index in [-0.39, 0.29) is 36.6 Å². The molecule has 2 aromatic rings. The zero-order chi connectivity index (χ0) is 26.7. The first kappa shape index (κ1) is 26.8. The summed E-state index contributed by atoms with van der Waals surface area (Å²) in [6, 6.07) is 16.5. The van der Waals surface area contributed by atoms with E-state index in [2.05, 4.69) is 31.3 Å². The van der Waals surface area contributed by atoms with Gasteiger partial charge in [-0.3, -0.25) is 14.4 Å². The van der Waals surface area contributed by atoms with Crippen molar-refractivity contribution >= 4 is 17.7 Å². The van der Waals surface area contributed by atoms with Crippen LogP contribution in [0.2, 0.25) is 0 Å². The van der Waals surface area contributed by atoms with E-state index in [0.717, 1.165) is 17.5 Å². The van der Waals surface area contributed by atoms with E-state index in [0.29, 0.717) is 19.0 Å². The number of likely N-dealkylation sites (tertiary alicyclic amines) is 2. The fourth-order valence-electron chi connectivity index (χ4n) is 5.63. The van der Waals surface area contributed by atoms with Crippen molar-refractivity contribution in [3.8, 4) is 0 Å². The summed E-state index contributed by atoms with van der Waals surface area (Å²) in [4.78, 5) is 42.3. The Hall–Kier alpha value is -3.22. The number of nitrogens with zero attached hydrogens (tertiary/aromatic N) is 2. The Morgan fingerprint density at radius 1 is 0.946 bits per heavy atom. The second-order valence-electron chi connectivity index (χ2n) is 10.7. The third-order valence-electron chi connectivity index (χ3n) is 7.92. The van der Waals surface area contributed by atoms with Gasteiger partial charge in [0.25, 0.3) is 0 Å². The molecule has 2 aliphatic heterocycles. The number of halogens is 1. The highest BCUT2D eigenvalue weighted by atomic mass is 19.1. The van der Waals surface area contributed by atoms with Gasteiger partial charge in [-0.25, -0.2) is 4.39 Å². The van der Waals surface area contributed by atoms with Crippen LogP contribution >= 0.6 is 0 Å². The van der Waals surface area contributed by atoms with Crippen LogP contribution in [0.15, 0.2) is 54.6 Å². The van der Waals surface area contributed by atoms with Crippen LogP contribution in [0.3, 0.4) is 0 Å². The van der Waals surface area contributed by atoms with E-state index in [1.807, 2.05) is 49.4 Å². The number of carbonyl (C=O) groups excluding carboxylic acids is 3. The van der Waals surface area contributed by atoms with E-state index < -0.39 is 24.2 Å². The van der Waals surface area contributed by atoms with Crippen molar-refractivity contribution in [1.29, 1.82) is 0 Å². The first-order valence-electron chi connectivity index (χ1n) is 13.3. The Morgan fingerprint density at radius 2 is 1.57 bits per heavy atom. The number of amides is 3. The lowest BCUT2D eigenvalue weighted by atomic mass is 9.92. The number of nitrogens with one attached hydrogen (secondary N) is 1. The second kappa shape index (κ2) is 11.4. The van der Waals surface area contributed by atoms with Crippen molar-refractivity contribution in [2.75, 3.05) is 19.6 Å². The Balaban J connectivity index is 1.57. The highest BCUT2D eigenvalue weighted by Crippen LogP contribution is 2.32. The molecule has 6 nitrogen and oxygen atoms in total. The van der Waals surface area contributed by atoms with Crippen LogP contribution in [0.4, 0.5) is 4.39 Å². The van der Waals surface area contributed by atoms with Gasteiger partial charge < -0.3 is 15.1 Å². The van der Waals surface area contributed by atoms with Crippen LogP contribution in [0.25, 0.3) is 0 Å². The zero-order valence-electron chi connectivity index (χ0n) is 22.2. The Kier molecular flexibility index (Phi) is 8.30. The molecule has 7 heteroatoms. The Labute approximate surface area is 219 Å². The summed E-state index contributed by atoms with van der Waals surface area (Å²) < 4.78 is 14.7. The van der Waals surface area contributed by atoms with Crippen LogP contribution in [0.1, 0.15) is 69.2 Å². The maximum Gasteiger partial charge on any atom is 0.243 e. The standard InChI is InChI=1S/C30H38FN3O3/c1-5-21-16-33(20(4)35)18-26(21)30(37)34-17-25(31)15-27(34)29(36)32-28(23-9-7-6-8-10-23)24-13-11-22(12-14-24)19(2)3/h6-14,19,21,25-28H,5,15-18H2,1-4H3,(H,32,36). The molecule has 2 aliphatic rings. The van der Waals surface area contributed by atoms with Gasteiger partial charge in [0.2, 0.25) is 17.7 Å². The average Bonchev–Trinajstić information content (AvgIpc) is 3.51. The summed E-state index contributed by atoms with van der Waals surface area (Å²) in [7, 11) is 0. The highest BCUT2D eigenvalue weighted by Gasteiger charge is 2.46. The smallest absolute Gasteiger partial charge is 0.243 e. The fraction of sp³-hybridized carbons (Fsp3) is 0.500. The van der Waals surface area contributed by atoms with E-state index >= 15 is 0 Å². The minimum Gasteiger partial charge on any atom is -0.343 e. The van der Waals surface area contributed by atoms with Gasteiger partial charge in [-0.15, -0.1) is 0 Å². The molecule has 0 saturated carbocycles. The van der Waals surface area contributed by atoms with E-state index in [9.17, 15) is 18.8 Å². The van der Waals surface area contributed by atoms with Crippen molar-refractivity contribution in [3.63, 3.8) is 0 Å². The van der Waals surface area contributed by atoms with Crippen molar-refractivity contribution in [3.05, 3.63) is 71.3 Å². The van der Waals surface area contributed by atoms with Gasteiger partial charge in [0.1, 0.15) is 12.2 Å². The van der Waals surface area contributed by atoms with E-state index in [1.165, 1.54) is 17.4 Å². The molecule has 2 fully saturated rings. The van der Waals surface area contributed by atoms with E-state index in [1.54, 1.807) is 4.90 Å². The molecule has 2 saturated heterocycles. The van der Waals surface area contributed by atoms with Crippen LogP contribution in [0.5, 0.6) is 0 Å². The summed E-state index contributed by atoms with van der Waals surface area (Å²) in [6.07, 6.45) is -0.539. The fourth-order valence-corrected chi connectivity index (χ4v) is 5.63. The number of rotatable bonds is 7. The molecule has 5 atom stereocenters. The molecule has 2 aromatic carbocycles. The second-order valence-corrected chi connectivity index (χ2v) is 10.7. The van der Waals surface area contributed by atoms with Gasteiger partial charge in [-0.1, -0.05) is 81.8 Å². The van der Waals surface area contributed by atoms with Crippen molar-refractivity contribution < 1.29 is 18.8 Å². The maximum atomic E-state index is 14.7. The molecule has 0 aromatic heterocycles. The quantitative estimate of drug-likeness (QED) is 0.602.